The molecule has 0 radical (unpaired) electrons. The Balaban J connectivity index is 0.000000726. The molecule has 0 unspecified atom stereocenters. The topological polar surface area (TPSA) is 30.7 Å². The van der Waals surface area contributed by atoms with Crippen molar-refractivity contribution in [1.29, 1.82) is 0 Å². The number of fused-ring (bicyclic) bond motifs is 1. The fourth-order valence-corrected chi connectivity index (χ4v) is 3.33. The van der Waals surface area contributed by atoms with Gasteiger partial charge in [-0.2, -0.15) is 5.10 Å². The molecule has 0 amide bonds. The van der Waals surface area contributed by atoms with Crippen molar-refractivity contribution in [3.63, 3.8) is 0 Å². The van der Waals surface area contributed by atoms with Gasteiger partial charge in [-0.3, -0.25) is 0 Å². The van der Waals surface area contributed by atoms with Gasteiger partial charge in [-0.05, 0) is 43.2 Å². The molecule has 0 N–H and O–H groups in total. The summed E-state index contributed by atoms with van der Waals surface area (Å²) in [5.41, 5.74) is 2.31. The van der Waals surface area contributed by atoms with Gasteiger partial charge in [0.15, 0.2) is 5.65 Å². The van der Waals surface area contributed by atoms with Gasteiger partial charge in [-0.25, -0.2) is 14.1 Å². The van der Waals surface area contributed by atoms with Crippen LogP contribution in [-0.4, -0.2) is 14.8 Å². The molecule has 134 valence electrons. The van der Waals surface area contributed by atoms with Crippen LogP contribution in [0.5, 0.6) is 0 Å². The summed E-state index contributed by atoms with van der Waals surface area (Å²) in [6.45, 7) is 4.00. The maximum absolute atomic E-state index is 13.2. The molecule has 0 atom stereocenters. The lowest BCUT2D eigenvalue weighted by molar-refractivity contribution is 0.411. The highest BCUT2D eigenvalue weighted by Crippen LogP contribution is 2.41. The summed E-state index contributed by atoms with van der Waals surface area (Å²) in [4.78, 5) is 4.38. The summed E-state index contributed by atoms with van der Waals surface area (Å²) in [7, 11) is 0. The zero-order chi connectivity index (χ0) is 17.3. The maximum Gasteiger partial charge on any atom is 0.166 e. The van der Waals surface area contributed by atoms with E-state index in [-0.39, 0.29) is 13.2 Å². The van der Waals surface area contributed by atoms with E-state index in [0.717, 1.165) is 29.6 Å². The average molecular weight is 382 g/mol. The highest BCUT2D eigenvalue weighted by atomic mass is 35.5. The molecule has 1 aliphatic rings. The number of aromatic nitrogens is 3. The zero-order valence-corrected chi connectivity index (χ0v) is 15.1. The Bertz CT molecular complexity index is 855. The molecule has 4 rings (SSSR count). The third kappa shape index (κ3) is 3.65. The van der Waals surface area contributed by atoms with E-state index in [2.05, 4.69) is 4.98 Å². The summed E-state index contributed by atoms with van der Waals surface area (Å²) in [5, 5.41) is 6.43. The molecular weight excluding hydrogens is 360 g/mol. The number of hydrogen-bond donors (Lipinski definition) is 0. The largest absolute Gasteiger partial charge is 0.216 e. The highest BCUT2D eigenvalue weighted by molar-refractivity contribution is 6.37. The molecule has 1 aliphatic carbocycles. The van der Waals surface area contributed by atoms with Crippen LogP contribution in [-0.2, 0) is 0 Å². The van der Waals surface area contributed by atoms with Crippen molar-refractivity contribution >= 4 is 34.2 Å². The van der Waals surface area contributed by atoms with Gasteiger partial charge in [0.05, 0.1) is 21.8 Å². The van der Waals surface area contributed by atoms with Crippen LogP contribution in [0.3, 0.4) is 0 Å². The van der Waals surface area contributed by atoms with Gasteiger partial charge in [-0.15, -0.1) is 0 Å². The SMILES string of the molecule is C.CC.Fc1ccc(-n2nc(C3CCC3)c3c(Cl)cc(Cl)nc32)cc1. The van der Waals surface area contributed by atoms with Crippen LogP contribution in [0, 0.1) is 5.82 Å². The van der Waals surface area contributed by atoms with Crippen molar-refractivity contribution in [3.8, 4) is 5.69 Å². The molecule has 2 aromatic heterocycles. The zero-order valence-electron chi connectivity index (χ0n) is 13.6. The van der Waals surface area contributed by atoms with Gasteiger partial charge in [0.25, 0.3) is 0 Å². The fraction of sp³-hybridized carbons (Fsp3) is 0.368. The van der Waals surface area contributed by atoms with E-state index in [0.29, 0.717) is 21.7 Å². The fourth-order valence-electron chi connectivity index (χ4n) is 2.80. The third-order valence-electron chi connectivity index (χ3n) is 4.15. The summed E-state index contributed by atoms with van der Waals surface area (Å²) in [6, 6.07) is 7.78. The molecule has 1 fully saturated rings. The van der Waals surface area contributed by atoms with Crippen molar-refractivity contribution in [3.05, 3.63) is 52.0 Å². The first-order chi connectivity index (χ1) is 11.6. The number of rotatable bonds is 2. The minimum Gasteiger partial charge on any atom is -0.216 e. The third-order valence-corrected chi connectivity index (χ3v) is 4.64. The van der Waals surface area contributed by atoms with Gasteiger partial charge in [0.2, 0.25) is 0 Å². The number of hydrogen-bond acceptors (Lipinski definition) is 2. The van der Waals surface area contributed by atoms with E-state index in [9.17, 15) is 4.39 Å². The second-order valence-corrected chi connectivity index (χ2v) is 6.32. The van der Waals surface area contributed by atoms with Crippen LogP contribution in [0.2, 0.25) is 10.2 Å². The second-order valence-electron chi connectivity index (χ2n) is 5.53. The van der Waals surface area contributed by atoms with Crippen LogP contribution < -0.4 is 0 Å². The lowest BCUT2D eigenvalue weighted by Crippen LogP contribution is -2.10. The number of pyridine rings is 1. The first-order valence-corrected chi connectivity index (χ1v) is 8.89. The van der Waals surface area contributed by atoms with Crippen molar-refractivity contribution in [2.45, 2.75) is 46.5 Å². The summed E-state index contributed by atoms with van der Waals surface area (Å²) >= 11 is 12.4. The monoisotopic (exact) mass is 381 g/mol. The molecule has 0 bridgehead atoms. The number of benzene rings is 1. The van der Waals surface area contributed by atoms with Gasteiger partial charge in [0.1, 0.15) is 11.0 Å². The smallest absolute Gasteiger partial charge is 0.166 e. The van der Waals surface area contributed by atoms with Gasteiger partial charge in [-0.1, -0.05) is 50.9 Å². The van der Waals surface area contributed by atoms with E-state index in [1.54, 1.807) is 22.9 Å². The Morgan fingerprint density at radius 1 is 1.12 bits per heavy atom. The lowest BCUT2D eigenvalue weighted by Gasteiger charge is -2.23. The molecule has 1 aromatic carbocycles. The summed E-state index contributed by atoms with van der Waals surface area (Å²) < 4.78 is 14.8. The highest BCUT2D eigenvalue weighted by Gasteiger charge is 2.27. The Labute approximate surface area is 157 Å². The lowest BCUT2D eigenvalue weighted by atomic mass is 9.82. The predicted molar refractivity (Wildman–Crippen MR) is 104 cm³/mol. The Morgan fingerprint density at radius 3 is 2.32 bits per heavy atom. The van der Waals surface area contributed by atoms with Gasteiger partial charge in [0, 0.05) is 5.92 Å². The summed E-state index contributed by atoms with van der Waals surface area (Å²) in [6.07, 6.45) is 3.41. The molecular formula is C19H22Cl2FN3. The second kappa shape index (κ2) is 8.15. The van der Waals surface area contributed by atoms with Crippen molar-refractivity contribution in [2.24, 2.45) is 0 Å². The minimum absolute atomic E-state index is 0. The summed E-state index contributed by atoms with van der Waals surface area (Å²) in [5.74, 6) is 0.119. The molecule has 3 aromatic rings. The molecule has 1 saturated carbocycles. The van der Waals surface area contributed by atoms with E-state index in [1.165, 1.54) is 18.6 Å². The van der Waals surface area contributed by atoms with Crippen molar-refractivity contribution in [1.82, 2.24) is 14.8 Å². The van der Waals surface area contributed by atoms with Crippen molar-refractivity contribution in [2.75, 3.05) is 0 Å². The molecule has 2 heterocycles. The van der Waals surface area contributed by atoms with Crippen LogP contribution in [0.1, 0.15) is 52.1 Å². The van der Waals surface area contributed by atoms with Crippen LogP contribution >= 0.6 is 23.2 Å². The number of halogens is 3. The predicted octanol–water partition coefficient (Wildman–Crippen LogP) is 6.80. The quantitative estimate of drug-likeness (QED) is 0.457. The Hall–Kier alpha value is -1.65. The first-order valence-electron chi connectivity index (χ1n) is 8.14. The van der Waals surface area contributed by atoms with E-state index >= 15 is 0 Å². The minimum atomic E-state index is -0.288. The molecule has 3 nitrogen and oxygen atoms in total. The Morgan fingerprint density at radius 2 is 1.76 bits per heavy atom. The molecule has 25 heavy (non-hydrogen) atoms. The van der Waals surface area contributed by atoms with Crippen LogP contribution in [0.15, 0.2) is 30.3 Å². The standard InChI is InChI=1S/C16H12Cl2FN3.C2H6.CH4/c17-12-8-13(18)20-16-14(12)15(9-2-1-3-9)21-22(16)11-6-4-10(19)5-7-11;1-2;/h4-9H,1-3H2;1-2H3;1H4. The normalized spacial score (nSPS) is 13.6. The number of nitrogens with zero attached hydrogens (tertiary/aromatic N) is 3. The van der Waals surface area contributed by atoms with Crippen molar-refractivity contribution < 1.29 is 4.39 Å². The Kier molecular flexibility index (Phi) is 6.42. The van der Waals surface area contributed by atoms with Crippen LogP contribution in [0.4, 0.5) is 4.39 Å². The average Bonchev–Trinajstić information content (AvgIpc) is 2.88. The van der Waals surface area contributed by atoms with Crippen LogP contribution in [0.25, 0.3) is 16.7 Å². The first kappa shape index (κ1) is 19.7. The molecule has 0 saturated heterocycles. The maximum atomic E-state index is 13.2. The van der Waals surface area contributed by atoms with E-state index in [1.807, 2.05) is 13.8 Å². The molecule has 6 heteroatoms. The molecule has 0 aliphatic heterocycles. The van der Waals surface area contributed by atoms with Gasteiger partial charge < -0.3 is 0 Å². The van der Waals surface area contributed by atoms with Gasteiger partial charge >= 0.3 is 0 Å². The molecule has 0 spiro atoms. The van der Waals surface area contributed by atoms with E-state index < -0.39 is 0 Å². The van der Waals surface area contributed by atoms with E-state index in [4.69, 9.17) is 28.3 Å².